The largest absolute Gasteiger partial charge is 0.367 e. The van der Waals surface area contributed by atoms with Gasteiger partial charge >= 0.3 is 0 Å². The van der Waals surface area contributed by atoms with E-state index >= 15 is 0 Å². The number of nitrogens with zero attached hydrogens (tertiary/aromatic N) is 1. The molecule has 0 bridgehead atoms. The summed E-state index contributed by atoms with van der Waals surface area (Å²) in [6.45, 7) is 2.01. The normalized spacial score (nSPS) is 10.3. The van der Waals surface area contributed by atoms with Crippen molar-refractivity contribution in [1.29, 1.82) is 0 Å². The van der Waals surface area contributed by atoms with Gasteiger partial charge in [0, 0.05) is 23.3 Å². The fourth-order valence-electron chi connectivity index (χ4n) is 0.979. The van der Waals surface area contributed by atoms with Crippen molar-refractivity contribution in [2.24, 2.45) is 0 Å². The lowest BCUT2D eigenvalue weighted by atomic mass is 10.3. The van der Waals surface area contributed by atoms with E-state index < -0.39 is 0 Å². The highest BCUT2D eigenvalue weighted by Crippen LogP contribution is 2.20. The van der Waals surface area contributed by atoms with Crippen molar-refractivity contribution in [3.05, 3.63) is 28.8 Å². The summed E-state index contributed by atoms with van der Waals surface area (Å²) in [4.78, 5) is 7.35. The summed E-state index contributed by atoms with van der Waals surface area (Å²) in [5, 5.41) is 3.18. The molecule has 3 heteroatoms. The van der Waals surface area contributed by atoms with E-state index in [9.17, 15) is 0 Å². The van der Waals surface area contributed by atoms with Crippen LogP contribution in [0.5, 0.6) is 0 Å². The second-order valence-corrected chi connectivity index (χ2v) is 3.41. The Balaban J connectivity index is 2.45. The maximum absolute atomic E-state index is 4.35. The van der Waals surface area contributed by atoms with Crippen molar-refractivity contribution < 1.29 is 0 Å². The molecule has 0 saturated carbocycles. The Morgan fingerprint density at radius 2 is 2.45 bits per heavy atom. The average Bonchev–Trinajstić information content (AvgIpc) is 2.55. The predicted molar refractivity (Wildman–Crippen MR) is 46.6 cm³/mol. The molecular formula is C8H8N2S. The van der Waals surface area contributed by atoms with Crippen molar-refractivity contribution in [3.63, 3.8) is 0 Å². The summed E-state index contributed by atoms with van der Waals surface area (Å²) >= 11 is 1.68. The minimum absolute atomic E-state index is 1.06. The summed E-state index contributed by atoms with van der Waals surface area (Å²) in [6, 6.07) is 2.02. The van der Waals surface area contributed by atoms with Gasteiger partial charge in [0.2, 0.25) is 0 Å². The van der Waals surface area contributed by atoms with Crippen molar-refractivity contribution >= 4 is 11.3 Å². The van der Waals surface area contributed by atoms with Gasteiger partial charge in [-0.25, -0.2) is 4.98 Å². The van der Waals surface area contributed by atoms with Crippen LogP contribution < -0.4 is 0 Å². The molecule has 0 aliphatic rings. The molecule has 0 aliphatic carbocycles. The van der Waals surface area contributed by atoms with Crippen LogP contribution >= 0.6 is 11.3 Å². The minimum atomic E-state index is 1.06. The van der Waals surface area contributed by atoms with Gasteiger partial charge in [-0.3, -0.25) is 0 Å². The first-order valence-corrected chi connectivity index (χ1v) is 4.29. The zero-order valence-electron chi connectivity index (χ0n) is 6.16. The number of aryl methyl sites for hydroxylation is 1. The third kappa shape index (κ3) is 1.19. The highest BCUT2D eigenvalue weighted by atomic mass is 32.1. The number of hydrogen-bond donors (Lipinski definition) is 1. The molecule has 0 aliphatic heterocycles. The molecular weight excluding hydrogens is 156 g/mol. The van der Waals surface area contributed by atoms with Crippen LogP contribution in [0.25, 0.3) is 11.3 Å². The monoisotopic (exact) mass is 164 g/mol. The standard InChI is InChI=1S/C8H8N2S/c1-6-10-8(5-11-6)7-2-3-9-4-7/h2-5,9H,1H3. The number of aromatic amines is 1. The maximum atomic E-state index is 4.35. The molecule has 0 aromatic carbocycles. The molecule has 0 atom stereocenters. The van der Waals surface area contributed by atoms with Gasteiger partial charge in [0.05, 0.1) is 10.7 Å². The van der Waals surface area contributed by atoms with Gasteiger partial charge in [-0.15, -0.1) is 11.3 Å². The quantitative estimate of drug-likeness (QED) is 0.689. The van der Waals surface area contributed by atoms with Gasteiger partial charge < -0.3 is 4.98 Å². The fraction of sp³-hybridized carbons (Fsp3) is 0.125. The fourth-order valence-corrected chi connectivity index (χ4v) is 1.60. The SMILES string of the molecule is Cc1nc(-c2cc[nH]c2)cs1. The number of H-pyrrole nitrogens is 1. The Morgan fingerprint density at radius 3 is 3.00 bits per heavy atom. The van der Waals surface area contributed by atoms with Crippen LogP contribution in [0.1, 0.15) is 5.01 Å². The lowest BCUT2D eigenvalue weighted by Gasteiger charge is -1.85. The molecule has 11 heavy (non-hydrogen) atoms. The molecule has 56 valence electrons. The second-order valence-electron chi connectivity index (χ2n) is 2.35. The van der Waals surface area contributed by atoms with Crippen molar-refractivity contribution in [2.75, 3.05) is 0 Å². The molecule has 1 N–H and O–H groups in total. The Labute approximate surface area is 68.9 Å². The van der Waals surface area contributed by atoms with Crippen molar-refractivity contribution in [3.8, 4) is 11.3 Å². The Hall–Kier alpha value is -1.09. The third-order valence-corrected chi connectivity index (χ3v) is 2.29. The smallest absolute Gasteiger partial charge is 0.0901 e. The number of aromatic nitrogens is 2. The first kappa shape index (κ1) is 6.61. The van der Waals surface area contributed by atoms with E-state index in [1.54, 1.807) is 11.3 Å². The van der Waals surface area contributed by atoms with Gasteiger partial charge in [-0.2, -0.15) is 0 Å². The van der Waals surface area contributed by atoms with E-state index in [0.29, 0.717) is 0 Å². The first-order chi connectivity index (χ1) is 5.36. The summed E-state index contributed by atoms with van der Waals surface area (Å²) in [7, 11) is 0. The molecule has 0 fully saturated rings. The van der Waals surface area contributed by atoms with Gasteiger partial charge in [0.25, 0.3) is 0 Å². The van der Waals surface area contributed by atoms with Crippen molar-refractivity contribution in [1.82, 2.24) is 9.97 Å². The molecule has 2 heterocycles. The van der Waals surface area contributed by atoms with Crippen LogP contribution in [0.4, 0.5) is 0 Å². The number of hydrogen-bond acceptors (Lipinski definition) is 2. The summed E-state index contributed by atoms with van der Waals surface area (Å²) in [5.74, 6) is 0. The summed E-state index contributed by atoms with van der Waals surface area (Å²) in [5.41, 5.74) is 2.23. The molecule has 2 aromatic heterocycles. The van der Waals surface area contributed by atoms with E-state index in [1.165, 1.54) is 0 Å². The molecule has 0 spiro atoms. The Kier molecular flexibility index (Phi) is 1.51. The topological polar surface area (TPSA) is 28.7 Å². The predicted octanol–water partition coefficient (Wildman–Crippen LogP) is 2.45. The molecule has 2 aromatic rings. The molecule has 0 unspecified atom stereocenters. The van der Waals surface area contributed by atoms with Crippen LogP contribution in [0, 0.1) is 6.92 Å². The van der Waals surface area contributed by atoms with Gasteiger partial charge in [-0.05, 0) is 13.0 Å². The van der Waals surface area contributed by atoms with Crippen LogP contribution in [-0.4, -0.2) is 9.97 Å². The Morgan fingerprint density at radius 1 is 1.55 bits per heavy atom. The van der Waals surface area contributed by atoms with Crippen LogP contribution in [0.3, 0.4) is 0 Å². The van der Waals surface area contributed by atoms with E-state index in [-0.39, 0.29) is 0 Å². The van der Waals surface area contributed by atoms with Gasteiger partial charge in [0.15, 0.2) is 0 Å². The van der Waals surface area contributed by atoms with Crippen LogP contribution in [0.2, 0.25) is 0 Å². The zero-order valence-corrected chi connectivity index (χ0v) is 6.98. The lowest BCUT2D eigenvalue weighted by molar-refractivity contribution is 1.30. The van der Waals surface area contributed by atoms with Gasteiger partial charge in [-0.1, -0.05) is 0 Å². The van der Waals surface area contributed by atoms with Crippen LogP contribution in [-0.2, 0) is 0 Å². The molecule has 0 saturated heterocycles. The van der Waals surface area contributed by atoms with E-state index in [4.69, 9.17) is 0 Å². The first-order valence-electron chi connectivity index (χ1n) is 3.41. The summed E-state index contributed by atoms with van der Waals surface area (Å²) < 4.78 is 0. The molecule has 0 radical (unpaired) electrons. The summed E-state index contributed by atoms with van der Waals surface area (Å²) in [6.07, 6.45) is 3.86. The number of rotatable bonds is 1. The maximum Gasteiger partial charge on any atom is 0.0901 e. The molecule has 0 amide bonds. The number of thiazole rings is 1. The zero-order chi connectivity index (χ0) is 7.68. The highest BCUT2D eigenvalue weighted by molar-refractivity contribution is 7.09. The average molecular weight is 164 g/mol. The third-order valence-electron chi connectivity index (χ3n) is 1.51. The van der Waals surface area contributed by atoms with E-state index in [1.807, 2.05) is 25.4 Å². The Bertz CT molecular complexity index is 335. The lowest BCUT2D eigenvalue weighted by Crippen LogP contribution is -1.72. The van der Waals surface area contributed by atoms with Gasteiger partial charge in [0.1, 0.15) is 0 Å². The molecule has 2 nitrogen and oxygen atoms in total. The number of nitrogens with one attached hydrogen (secondary N) is 1. The van der Waals surface area contributed by atoms with E-state index in [0.717, 1.165) is 16.3 Å². The minimum Gasteiger partial charge on any atom is -0.367 e. The van der Waals surface area contributed by atoms with E-state index in [2.05, 4.69) is 15.3 Å². The molecule has 2 rings (SSSR count). The van der Waals surface area contributed by atoms with Crippen molar-refractivity contribution in [2.45, 2.75) is 6.92 Å². The second kappa shape index (κ2) is 2.51. The highest BCUT2D eigenvalue weighted by Gasteiger charge is 2.00. The van der Waals surface area contributed by atoms with Crippen LogP contribution in [0.15, 0.2) is 23.8 Å².